The van der Waals surface area contributed by atoms with Crippen molar-refractivity contribution in [2.45, 2.75) is 33.6 Å². The predicted molar refractivity (Wildman–Crippen MR) is 73.7 cm³/mol. The second kappa shape index (κ2) is 4.73. The monoisotopic (exact) mass is 246 g/mol. The molecular formula is C15H22N2O. The van der Waals surface area contributed by atoms with E-state index in [9.17, 15) is 4.79 Å². The van der Waals surface area contributed by atoms with Crippen molar-refractivity contribution < 1.29 is 4.79 Å². The van der Waals surface area contributed by atoms with Gasteiger partial charge in [0, 0.05) is 17.5 Å². The van der Waals surface area contributed by atoms with Crippen molar-refractivity contribution in [2.75, 3.05) is 13.1 Å². The molecule has 3 nitrogen and oxygen atoms in total. The Labute approximate surface area is 109 Å². The zero-order valence-electron chi connectivity index (χ0n) is 11.5. The molecule has 2 rings (SSSR count). The number of carbonyl (C=O) groups excluding carboxylic acids is 1. The molecule has 0 saturated heterocycles. The number of benzene rings is 1. The predicted octanol–water partition coefficient (Wildman–Crippen LogP) is 2.08. The van der Waals surface area contributed by atoms with Crippen molar-refractivity contribution in [3.63, 3.8) is 0 Å². The van der Waals surface area contributed by atoms with E-state index < -0.39 is 0 Å². The first-order chi connectivity index (χ1) is 8.47. The van der Waals surface area contributed by atoms with Crippen LogP contribution in [0.25, 0.3) is 0 Å². The molecule has 3 N–H and O–H groups in total. The van der Waals surface area contributed by atoms with Gasteiger partial charge in [-0.15, -0.1) is 0 Å². The van der Waals surface area contributed by atoms with Gasteiger partial charge in [-0.05, 0) is 62.9 Å². The molecule has 0 aliphatic heterocycles. The smallest absolute Gasteiger partial charge is 0.251 e. The number of hydrogen-bond acceptors (Lipinski definition) is 2. The fourth-order valence-corrected chi connectivity index (χ4v) is 2.20. The molecule has 3 heteroatoms. The molecule has 0 aromatic heterocycles. The molecular weight excluding hydrogens is 224 g/mol. The quantitative estimate of drug-likeness (QED) is 0.854. The Morgan fingerprint density at radius 1 is 1.22 bits per heavy atom. The van der Waals surface area contributed by atoms with Gasteiger partial charge in [-0.2, -0.15) is 0 Å². The molecule has 1 fully saturated rings. The third-order valence-corrected chi connectivity index (χ3v) is 4.10. The van der Waals surface area contributed by atoms with Crippen molar-refractivity contribution in [3.8, 4) is 0 Å². The molecule has 1 aliphatic rings. The van der Waals surface area contributed by atoms with E-state index in [1.54, 1.807) is 0 Å². The van der Waals surface area contributed by atoms with Gasteiger partial charge in [-0.1, -0.05) is 6.07 Å². The third kappa shape index (κ3) is 2.56. The molecule has 0 radical (unpaired) electrons. The van der Waals surface area contributed by atoms with Gasteiger partial charge in [0.25, 0.3) is 5.91 Å². The van der Waals surface area contributed by atoms with E-state index in [0.717, 1.165) is 29.5 Å². The van der Waals surface area contributed by atoms with Crippen LogP contribution in [0, 0.1) is 26.2 Å². The maximum absolute atomic E-state index is 12.2. The Morgan fingerprint density at radius 2 is 1.83 bits per heavy atom. The molecule has 1 aromatic rings. The van der Waals surface area contributed by atoms with E-state index in [-0.39, 0.29) is 11.3 Å². The highest BCUT2D eigenvalue weighted by Crippen LogP contribution is 2.43. The number of nitrogens with one attached hydrogen (secondary N) is 1. The molecule has 0 bridgehead atoms. The van der Waals surface area contributed by atoms with Crippen molar-refractivity contribution in [1.82, 2.24) is 5.32 Å². The Hall–Kier alpha value is -1.35. The van der Waals surface area contributed by atoms with Gasteiger partial charge in [-0.3, -0.25) is 4.79 Å². The van der Waals surface area contributed by atoms with Crippen LogP contribution in [0.4, 0.5) is 0 Å². The largest absolute Gasteiger partial charge is 0.351 e. The molecule has 0 atom stereocenters. The third-order valence-electron chi connectivity index (χ3n) is 4.10. The van der Waals surface area contributed by atoms with Crippen LogP contribution >= 0.6 is 0 Å². The van der Waals surface area contributed by atoms with Crippen LogP contribution in [0.3, 0.4) is 0 Å². The van der Waals surface area contributed by atoms with Crippen LogP contribution in [0.2, 0.25) is 0 Å². The lowest BCUT2D eigenvalue weighted by Gasteiger charge is -2.15. The standard InChI is InChI=1S/C15H22N2O/c1-10-6-12(3)13(7-11(10)2)14(18)17-9-15(8-16)4-5-15/h6-7H,4-5,8-9,16H2,1-3H3,(H,17,18). The summed E-state index contributed by atoms with van der Waals surface area (Å²) in [6, 6.07) is 4.04. The first-order valence-electron chi connectivity index (χ1n) is 6.53. The Balaban J connectivity index is 2.07. The zero-order valence-corrected chi connectivity index (χ0v) is 11.5. The number of nitrogens with two attached hydrogens (primary N) is 1. The summed E-state index contributed by atoms with van der Waals surface area (Å²) in [6.45, 7) is 7.45. The number of carbonyl (C=O) groups is 1. The number of aryl methyl sites for hydroxylation is 3. The van der Waals surface area contributed by atoms with Crippen LogP contribution < -0.4 is 11.1 Å². The lowest BCUT2D eigenvalue weighted by molar-refractivity contribution is 0.0944. The van der Waals surface area contributed by atoms with E-state index in [1.165, 1.54) is 5.56 Å². The highest BCUT2D eigenvalue weighted by molar-refractivity contribution is 5.96. The van der Waals surface area contributed by atoms with Crippen LogP contribution in [-0.2, 0) is 0 Å². The average Bonchev–Trinajstić information content (AvgIpc) is 3.11. The van der Waals surface area contributed by atoms with Crippen LogP contribution in [0.1, 0.15) is 39.9 Å². The minimum atomic E-state index is 0.0234. The van der Waals surface area contributed by atoms with Crippen molar-refractivity contribution in [2.24, 2.45) is 11.1 Å². The summed E-state index contributed by atoms with van der Waals surface area (Å²) in [5.74, 6) is 0.0234. The summed E-state index contributed by atoms with van der Waals surface area (Å²) >= 11 is 0. The molecule has 0 heterocycles. The van der Waals surface area contributed by atoms with E-state index in [4.69, 9.17) is 5.73 Å². The van der Waals surface area contributed by atoms with Gasteiger partial charge in [0.1, 0.15) is 0 Å². The van der Waals surface area contributed by atoms with Gasteiger partial charge in [0.2, 0.25) is 0 Å². The topological polar surface area (TPSA) is 55.1 Å². The number of amides is 1. The number of rotatable bonds is 4. The lowest BCUT2D eigenvalue weighted by atomic mass is 10.00. The molecule has 1 aliphatic carbocycles. The molecule has 1 amide bonds. The second-order valence-electron chi connectivity index (χ2n) is 5.64. The van der Waals surface area contributed by atoms with Gasteiger partial charge in [0.15, 0.2) is 0 Å². The van der Waals surface area contributed by atoms with Gasteiger partial charge < -0.3 is 11.1 Å². The van der Waals surface area contributed by atoms with Crippen molar-refractivity contribution >= 4 is 5.91 Å². The van der Waals surface area contributed by atoms with Crippen LogP contribution in [0.15, 0.2) is 12.1 Å². The highest BCUT2D eigenvalue weighted by atomic mass is 16.1. The molecule has 98 valence electrons. The minimum Gasteiger partial charge on any atom is -0.351 e. The SMILES string of the molecule is Cc1cc(C)c(C(=O)NCC2(CN)CC2)cc1C. The summed E-state index contributed by atoms with van der Waals surface area (Å²) in [6.07, 6.45) is 2.27. The first-order valence-corrected chi connectivity index (χ1v) is 6.53. The normalized spacial score (nSPS) is 16.4. The van der Waals surface area contributed by atoms with E-state index >= 15 is 0 Å². The summed E-state index contributed by atoms with van der Waals surface area (Å²) < 4.78 is 0. The maximum Gasteiger partial charge on any atom is 0.251 e. The minimum absolute atomic E-state index is 0.0234. The Morgan fingerprint density at radius 3 is 2.39 bits per heavy atom. The van der Waals surface area contributed by atoms with Gasteiger partial charge >= 0.3 is 0 Å². The zero-order chi connectivity index (χ0) is 13.3. The first kappa shape index (κ1) is 13.1. The number of hydrogen-bond donors (Lipinski definition) is 2. The summed E-state index contributed by atoms with van der Waals surface area (Å²) in [7, 11) is 0. The maximum atomic E-state index is 12.2. The van der Waals surface area contributed by atoms with E-state index in [0.29, 0.717) is 13.1 Å². The van der Waals surface area contributed by atoms with E-state index in [1.807, 2.05) is 19.9 Å². The summed E-state index contributed by atoms with van der Waals surface area (Å²) in [5.41, 5.74) is 10.1. The van der Waals surface area contributed by atoms with E-state index in [2.05, 4.69) is 18.3 Å². The van der Waals surface area contributed by atoms with Gasteiger partial charge in [-0.25, -0.2) is 0 Å². The summed E-state index contributed by atoms with van der Waals surface area (Å²) in [5, 5.41) is 3.02. The average molecular weight is 246 g/mol. The fourth-order valence-electron chi connectivity index (χ4n) is 2.20. The molecule has 1 aromatic carbocycles. The molecule has 0 spiro atoms. The Bertz CT molecular complexity index is 476. The van der Waals surface area contributed by atoms with Crippen LogP contribution in [-0.4, -0.2) is 19.0 Å². The molecule has 18 heavy (non-hydrogen) atoms. The van der Waals surface area contributed by atoms with Crippen molar-refractivity contribution in [1.29, 1.82) is 0 Å². The highest BCUT2D eigenvalue weighted by Gasteiger charge is 2.41. The Kier molecular flexibility index (Phi) is 3.44. The second-order valence-corrected chi connectivity index (χ2v) is 5.64. The molecule has 1 saturated carbocycles. The van der Waals surface area contributed by atoms with Gasteiger partial charge in [0.05, 0.1) is 0 Å². The molecule has 0 unspecified atom stereocenters. The van der Waals surface area contributed by atoms with Crippen LogP contribution in [0.5, 0.6) is 0 Å². The van der Waals surface area contributed by atoms with Crippen molar-refractivity contribution in [3.05, 3.63) is 34.4 Å². The fraction of sp³-hybridized carbons (Fsp3) is 0.533. The lowest BCUT2D eigenvalue weighted by Crippen LogP contribution is -2.34. The summed E-state index contributed by atoms with van der Waals surface area (Å²) in [4.78, 5) is 12.2.